The van der Waals surface area contributed by atoms with Crippen molar-refractivity contribution in [3.63, 3.8) is 0 Å². The van der Waals surface area contributed by atoms with Gasteiger partial charge in [-0.3, -0.25) is 4.79 Å². The maximum atomic E-state index is 11.4. The van der Waals surface area contributed by atoms with Crippen LogP contribution >= 0.6 is 0 Å². The van der Waals surface area contributed by atoms with Crippen molar-refractivity contribution in [2.75, 3.05) is 6.61 Å². The fraction of sp³-hybridized carbons (Fsp3) is 0.800. The summed E-state index contributed by atoms with van der Waals surface area (Å²) in [5.74, 6) is -0.886. The summed E-state index contributed by atoms with van der Waals surface area (Å²) >= 11 is 0. The molecule has 0 amide bonds. The van der Waals surface area contributed by atoms with Crippen molar-refractivity contribution in [3.8, 4) is 0 Å². The predicted octanol–water partition coefficient (Wildman–Crippen LogP) is 0.916. The summed E-state index contributed by atoms with van der Waals surface area (Å²) in [6.45, 7) is 7.09. The molecule has 0 heterocycles. The second-order valence-corrected chi connectivity index (χ2v) is 4.15. The van der Waals surface area contributed by atoms with Crippen LogP contribution in [0.15, 0.2) is 0 Å². The molecule has 0 aromatic rings. The van der Waals surface area contributed by atoms with E-state index in [1.54, 1.807) is 27.7 Å². The highest BCUT2D eigenvalue weighted by Crippen LogP contribution is 2.17. The average Bonchev–Trinajstić information content (AvgIpc) is 2.02. The maximum Gasteiger partial charge on any atom is 0.335 e. The molecule has 0 aliphatic heterocycles. The second-order valence-electron chi connectivity index (χ2n) is 4.15. The molecule has 0 aliphatic carbocycles. The van der Waals surface area contributed by atoms with Crippen molar-refractivity contribution < 1.29 is 19.4 Å². The van der Waals surface area contributed by atoms with E-state index in [1.807, 2.05) is 0 Å². The largest absolute Gasteiger partial charge is 0.464 e. The standard InChI is InChI=1S/C10H18O4/c1-5-14-9(13)7(11)6-8(12)10(2,3)4/h7,11H,5-6H2,1-4H3/t7-/m1/s1. The van der Waals surface area contributed by atoms with E-state index in [-0.39, 0.29) is 18.8 Å². The zero-order valence-electron chi connectivity index (χ0n) is 9.16. The lowest BCUT2D eigenvalue weighted by Crippen LogP contribution is -2.31. The molecule has 0 aromatic heterocycles. The topological polar surface area (TPSA) is 63.6 Å². The summed E-state index contributed by atoms with van der Waals surface area (Å²) in [6.07, 6.45) is -1.51. The Balaban J connectivity index is 4.13. The molecule has 0 unspecified atom stereocenters. The molecule has 0 bridgehead atoms. The van der Waals surface area contributed by atoms with Crippen LogP contribution in [0.1, 0.15) is 34.1 Å². The van der Waals surface area contributed by atoms with Gasteiger partial charge in [0.25, 0.3) is 0 Å². The molecule has 0 spiro atoms. The van der Waals surface area contributed by atoms with Gasteiger partial charge in [0.15, 0.2) is 6.10 Å². The molecular formula is C10H18O4. The summed E-state index contributed by atoms with van der Waals surface area (Å²) in [4.78, 5) is 22.4. The van der Waals surface area contributed by atoms with Gasteiger partial charge in [-0.25, -0.2) is 4.79 Å². The molecule has 0 fully saturated rings. The van der Waals surface area contributed by atoms with Gasteiger partial charge >= 0.3 is 5.97 Å². The first-order chi connectivity index (χ1) is 6.29. The number of aliphatic hydroxyl groups is 1. The average molecular weight is 202 g/mol. The second kappa shape index (κ2) is 5.10. The Bertz CT molecular complexity index is 215. The van der Waals surface area contributed by atoms with Gasteiger partial charge in [-0.15, -0.1) is 0 Å². The van der Waals surface area contributed by atoms with E-state index < -0.39 is 17.5 Å². The van der Waals surface area contributed by atoms with Crippen molar-refractivity contribution in [1.29, 1.82) is 0 Å². The molecule has 0 saturated heterocycles. The van der Waals surface area contributed by atoms with Gasteiger partial charge in [-0.1, -0.05) is 20.8 Å². The van der Waals surface area contributed by atoms with E-state index >= 15 is 0 Å². The fourth-order valence-electron chi connectivity index (χ4n) is 0.804. The molecule has 0 aliphatic rings. The van der Waals surface area contributed by atoms with Crippen molar-refractivity contribution in [2.24, 2.45) is 5.41 Å². The minimum atomic E-state index is -1.33. The third-order valence-electron chi connectivity index (χ3n) is 1.77. The van der Waals surface area contributed by atoms with Crippen molar-refractivity contribution >= 4 is 11.8 Å². The van der Waals surface area contributed by atoms with E-state index in [1.165, 1.54) is 0 Å². The highest BCUT2D eigenvalue weighted by molar-refractivity contribution is 5.88. The third-order valence-corrected chi connectivity index (χ3v) is 1.77. The number of esters is 1. The van der Waals surface area contributed by atoms with Gasteiger partial charge in [0.2, 0.25) is 0 Å². The summed E-state index contributed by atoms with van der Waals surface area (Å²) in [5, 5.41) is 9.29. The smallest absolute Gasteiger partial charge is 0.335 e. The summed E-state index contributed by atoms with van der Waals surface area (Å²) < 4.78 is 4.58. The Labute approximate surface area is 84.3 Å². The van der Waals surface area contributed by atoms with Crippen LogP contribution in [0.2, 0.25) is 0 Å². The first kappa shape index (κ1) is 13.1. The first-order valence-electron chi connectivity index (χ1n) is 4.67. The van der Waals surface area contributed by atoms with Crippen LogP contribution in [0.3, 0.4) is 0 Å². The van der Waals surface area contributed by atoms with Gasteiger partial charge in [-0.05, 0) is 6.92 Å². The molecule has 0 radical (unpaired) electrons. The van der Waals surface area contributed by atoms with Crippen LogP contribution in [-0.2, 0) is 14.3 Å². The molecular weight excluding hydrogens is 184 g/mol. The highest BCUT2D eigenvalue weighted by atomic mass is 16.5. The van der Waals surface area contributed by atoms with Gasteiger partial charge in [-0.2, -0.15) is 0 Å². The number of carbonyl (C=O) groups is 2. The van der Waals surface area contributed by atoms with Crippen LogP contribution < -0.4 is 0 Å². The Morgan fingerprint density at radius 2 is 1.86 bits per heavy atom. The lowest BCUT2D eigenvalue weighted by molar-refractivity contribution is -0.155. The van der Waals surface area contributed by atoms with Crippen LogP contribution in [0, 0.1) is 5.41 Å². The number of rotatable bonds is 4. The van der Waals surface area contributed by atoms with Gasteiger partial charge in [0.05, 0.1) is 6.61 Å². The monoisotopic (exact) mass is 202 g/mol. The number of carbonyl (C=O) groups excluding carboxylic acids is 2. The number of ether oxygens (including phenoxy) is 1. The maximum absolute atomic E-state index is 11.4. The van der Waals surface area contributed by atoms with Crippen LogP contribution in [0.5, 0.6) is 0 Å². The van der Waals surface area contributed by atoms with Gasteiger partial charge in [0.1, 0.15) is 5.78 Å². The number of ketones is 1. The Hall–Kier alpha value is -0.900. The molecule has 1 N–H and O–H groups in total. The van der Waals surface area contributed by atoms with Crippen molar-refractivity contribution in [2.45, 2.75) is 40.2 Å². The Morgan fingerprint density at radius 3 is 2.21 bits per heavy atom. The fourth-order valence-corrected chi connectivity index (χ4v) is 0.804. The molecule has 0 saturated carbocycles. The predicted molar refractivity (Wildman–Crippen MR) is 51.7 cm³/mol. The first-order valence-corrected chi connectivity index (χ1v) is 4.67. The number of hydrogen-bond acceptors (Lipinski definition) is 4. The van der Waals surface area contributed by atoms with Crippen molar-refractivity contribution in [3.05, 3.63) is 0 Å². The van der Waals surface area contributed by atoms with E-state index in [2.05, 4.69) is 4.74 Å². The van der Waals surface area contributed by atoms with Crippen LogP contribution in [-0.4, -0.2) is 29.6 Å². The van der Waals surface area contributed by atoms with Crippen LogP contribution in [0.25, 0.3) is 0 Å². The van der Waals surface area contributed by atoms with E-state index in [0.717, 1.165) is 0 Å². The molecule has 0 rings (SSSR count). The number of hydrogen-bond donors (Lipinski definition) is 1. The normalized spacial score (nSPS) is 13.5. The van der Waals surface area contributed by atoms with Gasteiger partial charge < -0.3 is 9.84 Å². The Kier molecular flexibility index (Phi) is 4.77. The number of Topliss-reactive ketones (excluding diaryl/α,β-unsaturated/α-hetero) is 1. The molecule has 4 heteroatoms. The molecule has 14 heavy (non-hydrogen) atoms. The lowest BCUT2D eigenvalue weighted by Gasteiger charge is -2.18. The van der Waals surface area contributed by atoms with Crippen molar-refractivity contribution in [1.82, 2.24) is 0 Å². The third kappa shape index (κ3) is 4.37. The summed E-state index contributed by atoms with van der Waals surface area (Å²) in [6, 6.07) is 0. The van der Waals surface area contributed by atoms with E-state index in [4.69, 9.17) is 0 Å². The molecule has 0 aromatic carbocycles. The SMILES string of the molecule is CCOC(=O)[C@H](O)CC(=O)C(C)(C)C. The van der Waals surface area contributed by atoms with Gasteiger partial charge in [0, 0.05) is 11.8 Å². The van der Waals surface area contributed by atoms with E-state index in [9.17, 15) is 14.7 Å². The Morgan fingerprint density at radius 1 is 1.36 bits per heavy atom. The minimum absolute atomic E-state index is 0.155. The summed E-state index contributed by atoms with van der Waals surface area (Å²) in [7, 11) is 0. The zero-order chi connectivity index (χ0) is 11.4. The summed E-state index contributed by atoms with van der Waals surface area (Å²) in [5.41, 5.74) is -0.534. The quantitative estimate of drug-likeness (QED) is 0.688. The molecule has 4 nitrogen and oxygen atoms in total. The minimum Gasteiger partial charge on any atom is -0.464 e. The van der Waals surface area contributed by atoms with Crippen LogP contribution in [0.4, 0.5) is 0 Å². The molecule has 82 valence electrons. The molecule has 1 atom stereocenters. The van der Waals surface area contributed by atoms with E-state index in [0.29, 0.717) is 0 Å². The highest BCUT2D eigenvalue weighted by Gasteiger charge is 2.27. The lowest BCUT2D eigenvalue weighted by atomic mass is 9.87. The number of aliphatic hydroxyl groups excluding tert-OH is 1. The zero-order valence-corrected chi connectivity index (χ0v) is 9.16.